The normalized spacial score (nSPS) is 20.0. The molecule has 12 rings (SSSR count). The Bertz CT molecular complexity index is 4970. The minimum atomic E-state index is -1.04. The number of benzene rings is 9. The van der Waals surface area contributed by atoms with Gasteiger partial charge in [0.25, 0.3) is 0 Å². The summed E-state index contributed by atoms with van der Waals surface area (Å²) >= 11 is 0. The van der Waals surface area contributed by atoms with E-state index in [4.69, 9.17) is 29.1 Å². The van der Waals surface area contributed by atoms with Gasteiger partial charge in [0, 0.05) is 44.0 Å². The molecule has 236 valence electrons. The maximum absolute atomic E-state index is 10.0. The van der Waals surface area contributed by atoms with Crippen molar-refractivity contribution in [2.24, 2.45) is 0 Å². The molecule has 0 fully saturated rings. The molecule has 9 aromatic carbocycles. The van der Waals surface area contributed by atoms with E-state index in [0.29, 0.717) is 0 Å². The number of aromatic nitrogens is 2. The summed E-state index contributed by atoms with van der Waals surface area (Å²) < 4.78 is 262. The maximum atomic E-state index is 10.0. The molecule has 0 bridgehead atoms. The topological polar surface area (TPSA) is 23.0 Å². The van der Waals surface area contributed by atoms with Crippen LogP contribution in [0.4, 0.5) is 0 Å². The van der Waals surface area contributed by atoms with Gasteiger partial charge < -0.3 is 13.6 Å². The molecule has 3 nitrogen and oxygen atoms in total. The molecule has 0 aliphatic heterocycles. The van der Waals surface area contributed by atoms with Gasteiger partial charge in [-0.15, -0.1) is 0 Å². The highest BCUT2D eigenvalue weighted by molar-refractivity contribution is 6.33. The highest BCUT2D eigenvalue weighted by Crippen LogP contribution is 2.45. The summed E-state index contributed by atoms with van der Waals surface area (Å²) in [5.41, 5.74) is -6.44. The first-order valence-corrected chi connectivity index (χ1v) is 15.2. The molecule has 3 heteroatoms. The van der Waals surface area contributed by atoms with Crippen LogP contribution < -0.4 is 0 Å². The zero-order valence-electron chi connectivity index (χ0n) is 53.3. The molecule has 0 aliphatic carbocycles. The molecule has 0 N–H and O–H groups in total. The number of furan rings is 1. The Morgan fingerprint density at radius 2 is 0.843 bits per heavy atom. The number of hydrogen-bond donors (Lipinski definition) is 0. The lowest BCUT2D eigenvalue weighted by Gasteiger charge is -2.12. The number of fused-ring (bicyclic) bond motifs is 9. The molecular weight excluding hydrogens is 621 g/mol. The Morgan fingerprint density at radius 3 is 1.51 bits per heavy atom. The first kappa shape index (κ1) is 11.9. The van der Waals surface area contributed by atoms with Crippen LogP contribution >= 0.6 is 0 Å². The molecule has 51 heavy (non-hydrogen) atoms. The average molecular weight is 677 g/mol. The van der Waals surface area contributed by atoms with E-state index in [2.05, 4.69) is 0 Å². The Labute approximate surface area is 331 Å². The SMILES string of the molecule is [2H]c1c([2H])c([2H])c(-n2c3c([2H])c([2H])c([2H])c([2H])c3c3c([2H])c(-c4c([2H])c([2H])c5c(c4[2H])c4c([2H])c([2H])c([2H])c([2H])c4n5-c4c([2H])c5oc6c([2H])c([2H])c([2H])c7c8c([2H])c([2H])c([2H])c([2H])c8c(c4[2H])c5c67)c([2H])c([2H])c32)c([2H])c1[2H]. The van der Waals surface area contributed by atoms with Crippen LogP contribution in [-0.4, -0.2) is 9.13 Å². The second-order valence-electron chi connectivity index (χ2n) is 11.5. The zero-order valence-corrected chi connectivity index (χ0v) is 25.3. The first-order valence-electron chi connectivity index (χ1n) is 29.2. The summed E-state index contributed by atoms with van der Waals surface area (Å²) in [5.74, 6) is 0. The fraction of sp³-hybridized carbons (Fsp3) is 0. The van der Waals surface area contributed by atoms with Crippen LogP contribution in [0.1, 0.15) is 38.4 Å². The minimum Gasteiger partial charge on any atom is -0.456 e. The standard InChI is InChI=1S/C48H28N2O/c1-2-11-31(12-3-1)49-41-18-8-6-15-35(41)38-25-29(21-23-43(38)49)30-22-24-44-39(26-30)36-16-7-9-19-42(36)50(44)32-27-40-34-14-5-4-13-33(34)37-17-10-20-45-47(37)48(40)46(28-32)51-45/h1-28H/i1D,2D,3D,4D,5D,6D,7D,8D,9D,10D,11D,12D,13D,14D,15D,16D,17D,18D,19D,20D,21D,22D,23D,24D,25D,26D,27D,28D. The van der Waals surface area contributed by atoms with Crippen molar-refractivity contribution in [3.8, 4) is 22.5 Å². The molecule has 0 aliphatic rings. The third kappa shape index (κ3) is 3.62. The molecule has 0 saturated carbocycles. The van der Waals surface area contributed by atoms with E-state index in [1.807, 2.05) is 0 Å². The van der Waals surface area contributed by atoms with Crippen LogP contribution in [-0.2, 0) is 0 Å². The summed E-state index contributed by atoms with van der Waals surface area (Å²) in [4.78, 5) is 0. The summed E-state index contributed by atoms with van der Waals surface area (Å²) in [6.07, 6.45) is 0. The Hall–Kier alpha value is -6.84. The van der Waals surface area contributed by atoms with E-state index < -0.39 is 252 Å². The maximum Gasteiger partial charge on any atom is 0.138 e. The number of para-hydroxylation sites is 3. The van der Waals surface area contributed by atoms with Gasteiger partial charge in [-0.25, -0.2) is 0 Å². The van der Waals surface area contributed by atoms with E-state index in [1.54, 1.807) is 0 Å². The Balaban J connectivity index is 1.30. The van der Waals surface area contributed by atoms with Crippen molar-refractivity contribution in [1.82, 2.24) is 9.13 Å². The summed E-state index contributed by atoms with van der Waals surface area (Å²) in [6.45, 7) is 0. The number of nitrogens with zero attached hydrogens (tertiary/aromatic N) is 2. The van der Waals surface area contributed by atoms with Gasteiger partial charge in [-0.1, -0.05) is 103 Å². The molecule has 0 amide bonds. The van der Waals surface area contributed by atoms with Crippen molar-refractivity contribution < 1.29 is 42.8 Å². The highest BCUT2D eigenvalue weighted by atomic mass is 16.3. The number of rotatable bonds is 3. The van der Waals surface area contributed by atoms with Crippen molar-refractivity contribution in [3.05, 3.63) is 169 Å². The smallest absolute Gasteiger partial charge is 0.138 e. The van der Waals surface area contributed by atoms with Crippen LogP contribution in [0.25, 0.3) is 110 Å². The second-order valence-corrected chi connectivity index (χ2v) is 11.5. The van der Waals surface area contributed by atoms with Crippen LogP contribution in [0.3, 0.4) is 0 Å². The molecule has 12 aromatic rings. The third-order valence-electron chi connectivity index (χ3n) is 8.93. The summed E-state index contributed by atoms with van der Waals surface area (Å²) in [6, 6.07) is -23.9. The van der Waals surface area contributed by atoms with E-state index in [1.165, 1.54) is 0 Å². The molecule has 0 spiro atoms. The van der Waals surface area contributed by atoms with Crippen molar-refractivity contribution in [1.29, 1.82) is 0 Å². The van der Waals surface area contributed by atoms with Crippen LogP contribution in [0.2, 0.25) is 0 Å². The molecule has 0 unspecified atom stereocenters. The summed E-state index contributed by atoms with van der Waals surface area (Å²) in [7, 11) is 0. The first-order chi connectivity index (χ1) is 37.0. The molecule has 0 radical (unpaired) electrons. The lowest BCUT2D eigenvalue weighted by Crippen LogP contribution is -1.94. The zero-order chi connectivity index (χ0) is 57.6. The second kappa shape index (κ2) is 9.87. The Morgan fingerprint density at radius 1 is 0.333 bits per heavy atom. The molecule has 3 aromatic heterocycles. The lowest BCUT2D eigenvalue weighted by molar-refractivity contribution is 0.669. The quantitative estimate of drug-likeness (QED) is 0.171. The highest BCUT2D eigenvalue weighted by Gasteiger charge is 2.21. The van der Waals surface area contributed by atoms with E-state index >= 15 is 0 Å². The molecule has 3 heterocycles. The van der Waals surface area contributed by atoms with Gasteiger partial charge in [-0.05, 0) is 93.1 Å². The molecule has 0 saturated heterocycles. The third-order valence-corrected chi connectivity index (χ3v) is 8.93. The van der Waals surface area contributed by atoms with Crippen molar-refractivity contribution in [2.45, 2.75) is 0 Å². The molecule has 0 atom stereocenters. The van der Waals surface area contributed by atoms with Gasteiger partial charge in [-0.3, -0.25) is 0 Å². The van der Waals surface area contributed by atoms with Gasteiger partial charge in [-0.2, -0.15) is 0 Å². The van der Waals surface area contributed by atoms with Gasteiger partial charge in [0.1, 0.15) is 11.2 Å². The van der Waals surface area contributed by atoms with Crippen LogP contribution in [0, 0.1) is 0 Å². The number of hydrogen-bond acceptors (Lipinski definition) is 1. The van der Waals surface area contributed by atoms with Gasteiger partial charge in [0.2, 0.25) is 0 Å². The average Bonchev–Trinajstić information content (AvgIpc) is 3.13. The monoisotopic (exact) mass is 676 g/mol. The fourth-order valence-electron chi connectivity index (χ4n) is 6.87. The van der Waals surface area contributed by atoms with E-state index in [-0.39, 0.29) is 26.9 Å². The lowest BCUT2D eigenvalue weighted by atomic mass is 9.94. The van der Waals surface area contributed by atoms with Crippen molar-refractivity contribution in [2.75, 3.05) is 0 Å². The summed E-state index contributed by atoms with van der Waals surface area (Å²) in [5, 5.41) is -4.06. The Kier molecular flexibility index (Phi) is 2.30. The van der Waals surface area contributed by atoms with Crippen molar-refractivity contribution >= 4 is 87.1 Å². The fourth-order valence-corrected chi connectivity index (χ4v) is 6.87. The van der Waals surface area contributed by atoms with Crippen LogP contribution in [0.15, 0.2) is 174 Å². The molecular formula is C48H28N2O. The van der Waals surface area contributed by atoms with Crippen LogP contribution in [0.5, 0.6) is 0 Å². The predicted molar refractivity (Wildman–Crippen MR) is 214 cm³/mol. The van der Waals surface area contributed by atoms with Crippen molar-refractivity contribution in [3.63, 3.8) is 0 Å². The van der Waals surface area contributed by atoms with E-state index in [0.717, 1.165) is 9.13 Å². The van der Waals surface area contributed by atoms with E-state index in [9.17, 15) is 13.7 Å². The van der Waals surface area contributed by atoms with Gasteiger partial charge >= 0.3 is 0 Å². The van der Waals surface area contributed by atoms with Gasteiger partial charge in [0.15, 0.2) is 0 Å². The minimum absolute atomic E-state index is 0.144. The predicted octanol–water partition coefficient (Wildman–Crippen LogP) is 13.2. The largest absolute Gasteiger partial charge is 0.456 e. The van der Waals surface area contributed by atoms with Gasteiger partial charge in [0.05, 0.1) is 66.1 Å².